The Morgan fingerprint density at radius 2 is 2.05 bits per heavy atom. The highest BCUT2D eigenvalue weighted by molar-refractivity contribution is 7.16. The molecule has 0 atom stereocenters. The molecule has 2 rings (SSSR count). The summed E-state index contributed by atoms with van der Waals surface area (Å²) in [5.74, 6) is 1.18. The second-order valence-electron chi connectivity index (χ2n) is 4.11. The van der Waals surface area contributed by atoms with Gasteiger partial charge in [-0.2, -0.15) is 15.5 Å². The van der Waals surface area contributed by atoms with Crippen LogP contribution in [0, 0.1) is 22.7 Å². The van der Waals surface area contributed by atoms with E-state index in [9.17, 15) is 0 Å². The van der Waals surface area contributed by atoms with Crippen molar-refractivity contribution >= 4 is 33.3 Å². The van der Waals surface area contributed by atoms with Crippen LogP contribution in [0.15, 0.2) is 11.4 Å². The molecule has 0 aliphatic rings. The van der Waals surface area contributed by atoms with E-state index in [-0.39, 0.29) is 13.1 Å². The van der Waals surface area contributed by atoms with Gasteiger partial charge in [0.2, 0.25) is 5.95 Å². The van der Waals surface area contributed by atoms with Crippen molar-refractivity contribution in [3.8, 4) is 12.1 Å². The maximum Gasteiger partial charge on any atom is 0.226 e. The van der Waals surface area contributed by atoms with Gasteiger partial charge < -0.3 is 10.2 Å². The number of aromatic nitrogens is 2. The number of thiophene rings is 1. The van der Waals surface area contributed by atoms with Crippen LogP contribution < -0.4 is 10.2 Å². The average Bonchev–Trinajstić information content (AvgIpc) is 2.92. The number of hydrogen-bond donors (Lipinski definition) is 1. The molecule has 0 saturated carbocycles. The zero-order valence-corrected chi connectivity index (χ0v) is 11.9. The lowest BCUT2D eigenvalue weighted by Gasteiger charge is -2.18. The lowest BCUT2D eigenvalue weighted by molar-refractivity contribution is 0.922. The van der Waals surface area contributed by atoms with Crippen molar-refractivity contribution in [2.45, 2.75) is 13.3 Å². The summed E-state index contributed by atoms with van der Waals surface area (Å²) in [4.78, 5) is 11.4. The fraction of sp³-hybridized carbons (Fsp3) is 0.385. The van der Waals surface area contributed by atoms with Crippen LogP contribution in [0.3, 0.4) is 0 Å². The Morgan fingerprint density at radius 3 is 2.70 bits per heavy atom. The third-order valence-electron chi connectivity index (χ3n) is 2.66. The van der Waals surface area contributed by atoms with Crippen molar-refractivity contribution < 1.29 is 0 Å². The van der Waals surface area contributed by atoms with Gasteiger partial charge in [-0.05, 0) is 17.9 Å². The lowest BCUT2D eigenvalue weighted by atomic mass is 10.3. The summed E-state index contributed by atoms with van der Waals surface area (Å²) in [6.07, 6.45) is 0.973. The summed E-state index contributed by atoms with van der Waals surface area (Å²) in [5.41, 5.74) is 0. The molecular formula is C13H14N6S. The third kappa shape index (κ3) is 2.95. The van der Waals surface area contributed by atoms with E-state index in [4.69, 9.17) is 10.5 Å². The second kappa shape index (κ2) is 6.69. The van der Waals surface area contributed by atoms with Gasteiger partial charge in [-0.25, -0.2) is 4.98 Å². The molecule has 0 radical (unpaired) electrons. The van der Waals surface area contributed by atoms with E-state index in [0.29, 0.717) is 11.8 Å². The van der Waals surface area contributed by atoms with Gasteiger partial charge in [-0.1, -0.05) is 6.92 Å². The SMILES string of the molecule is CCCNc1nc(N(CC#N)CC#N)c2ccsc2n1. The summed E-state index contributed by atoms with van der Waals surface area (Å²) in [5, 5.41) is 23.8. The highest BCUT2D eigenvalue weighted by Crippen LogP contribution is 2.28. The van der Waals surface area contributed by atoms with Gasteiger partial charge >= 0.3 is 0 Å². The predicted molar refractivity (Wildman–Crippen MR) is 79.6 cm³/mol. The fourth-order valence-electron chi connectivity index (χ4n) is 1.77. The minimum Gasteiger partial charge on any atom is -0.354 e. The number of rotatable bonds is 6. The quantitative estimate of drug-likeness (QED) is 0.820. The molecule has 2 aromatic heterocycles. The summed E-state index contributed by atoms with van der Waals surface area (Å²) < 4.78 is 0. The molecule has 0 spiro atoms. The standard InChI is InChI=1S/C13H14N6S/c1-2-6-16-13-17-11(19(7-4-14)8-5-15)10-3-9-20-12(10)18-13/h3,9H,2,6-8H2,1H3,(H,16,17,18). The first-order valence-electron chi connectivity index (χ1n) is 6.28. The Kier molecular flexibility index (Phi) is 4.70. The molecule has 2 heterocycles. The molecule has 7 heteroatoms. The Bertz CT molecular complexity index is 650. The van der Waals surface area contributed by atoms with Crippen LogP contribution in [0.25, 0.3) is 10.2 Å². The maximum absolute atomic E-state index is 8.90. The van der Waals surface area contributed by atoms with Crippen molar-refractivity contribution in [2.75, 3.05) is 29.9 Å². The Morgan fingerprint density at radius 1 is 1.30 bits per heavy atom. The molecule has 0 aromatic carbocycles. The van der Waals surface area contributed by atoms with Gasteiger partial charge in [0, 0.05) is 6.54 Å². The first-order valence-corrected chi connectivity index (χ1v) is 7.16. The molecule has 0 unspecified atom stereocenters. The van der Waals surface area contributed by atoms with Crippen molar-refractivity contribution in [3.63, 3.8) is 0 Å². The number of hydrogen-bond acceptors (Lipinski definition) is 7. The molecule has 6 nitrogen and oxygen atoms in total. The highest BCUT2D eigenvalue weighted by Gasteiger charge is 2.15. The molecule has 0 amide bonds. The van der Waals surface area contributed by atoms with E-state index in [1.54, 1.807) is 4.90 Å². The zero-order chi connectivity index (χ0) is 14.4. The molecule has 0 aliphatic carbocycles. The average molecular weight is 286 g/mol. The molecule has 0 fully saturated rings. The van der Waals surface area contributed by atoms with Crippen LogP contribution in [-0.4, -0.2) is 29.6 Å². The maximum atomic E-state index is 8.90. The Balaban J connectivity index is 2.45. The normalized spacial score (nSPS) is 9.95. The van der Waals surface area contributed by atoms with Gasteiger partial charge in [0.1, 0.15) is 23.7 Å². The molecule has 0 aliphatic heterocycles. The van der Waals surface area contributed by atoms with Crippen molar-refractivity contribution in [1.82, 2.24) is 9.97 Å². The van der Waals surface area contributed by atoms with Crippen molar-refractivity contribution in [1.29, 1.82) is 10.5 Å². The monoisotopic (exact) mass is 286 g/mol. The molecule has 102 valence electrons. The molecular weight excluding hydrogens is 272 g/mol. The number of anilines is 2. The number of nitrogens with zero attached hydrogens (tertiary/aromatic N) is 5. The molecule has 20 heavy (non-hydrogen) atoms. The molecule has 1 N–H and O–H groups in total. The van der Waals surface area contributed by atoms with Crippen molar-refractivity contribution in [3.05, 3.63) is 11.4 Å². The fourth-order valence-corrected chi connectivity index (χ4v) is 2.53. The second-order valence-corrected chi connectivity index (χ2v) is 5.00. The van der Waals surface area contributed by atoms with Gasteiger partial charge in [0.05, 0.1) is 17.5 Å². The van der Waals surface area contributed by atoms with Gasteiger partial charge in [-0.3, -0.25) is 0 Å². The van der Waals surface area contributed by atoms with Gasteiger partial charge in [0.25, 0.3) is 0 Å². The third-order valence-corrected chi connectivity index (χ3v) is 3.47. The molecule has 2 aromatic rings. The van der Waals surface area contributed by atoms with E-state index in [0.717, 1.165) is 23.2 Å². The smallest absolute Gasteiger partial charge is 0.226 e. The van der Waals surface area contributed by atoms with Crippen LogP contribution in [0.2, 0.25) is 0 Å². The van der Waals surface area contributed by atoms with Crippen molar-refractivity contribution in [2.24, 2.45) is 0 Å². The van der Waals surface area contributed by atoms with E-state index >= 15 is 0 Å². The Labute approximate surface area is 121 Å². The van der Waals surface area contributed by atoms with Gasteiger partial charge in [0.15, 0.2) is 0 Å². The van der Waals surface area contributed by atoms with Crippen LogP contribution in [-0.2, 0) is 0 Å². The largest absolute Gasteiger partial charge is 0.354 e. The number of nitriles is 2. The predicted octanol–water partition coefficient (Wildman–Crippen LogP) is 2.37. The zero-order valence-electron chi connectivity index (χ0n) is 11.1. The van der Waals surface area contributed by atoms with Crippen LogP contribution in [0.1, 0.15) is 13.3 Å². The van der Waals surface area contributed by atoms with E-state index in [1.165, 1.54) is 11.3 Å². The first-order chi connectivity index (χ1) is 9.80. The summed E-state index contributed by atoms with van der Waals surface area (Å²) in [7, 11) is 0. The minimum absolute atomic E-state index is 0.128. The van der Waals surface area contributed by atoms with Crippen LogP contribution >= 0.6 is 11.3 Å². The topological polar surface area (TPSA) is 88.6 Å². The summed E-state index contributed by atoms with van der Waals surface area (Å²) >= 11 is 1.52. The molecule has 0 bridgehead atoms. The minimum atomic E-state index is 0.128. The summed E-state index contributed by atoms with van der Waals surface area (Å²) in [6, 6.07) is 6.05. The van der Waals surface area contributed by atoms with E-state index in [2.05, 4.69) is 34.3 Å². The first kappa shape index (κ1) is 14.0. The van der Waals surface area contributed by atoms with Crippen LogP contribution in [0.4, 0.5) is 11.8 Å². The number of nitrogens with one attached hydrogen (secondary N) is 1. The van der Waals surface area contributed by atoms with E-state index < -0.39 is 0 Å². The van der Waals surface area contributed by atoms with E-state index in [1.807, 2.05) is 11.4 Å². The highest BCUT2D eigenvalue weighted by atomic mass is 32.1. The lowest BCUT2D eigenvalue weighted by Crippen LogP contribution is -2.25. The molecule has 0 saturated heterocycles. The Hall–Kier alpha value is -2.38. The van der Waals surface area contributed by atoms with Crippen LogP contribution in [0.5, 0.6) is 0 Å². The summed E-state index contributed by atoms with van der Waals surface area (Å²) in [6.45, 7) is 3.10. The van der Waals surface area contributed by atoms with Gasteiger partial charge in [-0.15, -0.1) is 11.3 Å². The number of fused-ring (bicyclic) bond motifs is 1.